The van der Waals surface area contributed by atoms with E-state index in [1.54, 1.807) is 13.8 Å². The highest BCUT2D eigenvalue weighted by molar-refractivity contribution is 9.10. The van der Waals surface area contributed by atoms with Crippen molar-refractivity contribution < 1.29 is 34.3 Å². The van der Waals surface area contributed by atoms with E-state index in [9.17, 15) is 20.1 Å². The van der Waals surface area contributed by atoms with Gasteiger partial charge >= 0.3 is 5.97 Å². The van der Waals surface area contributed by atoms with E-state index in [-0.39, 0.29) is 25.4 Å². The number of esters is 1. The second-order valence-corrected chi connectivity index (χ2v) is 11.4. The first-order chi connectivity index (χ1) is 14.9. The normalized spacial score (nSPS) is 49.0. The zero-order chi connectivity index (χ0) is 23.2. The van der Waals surface area contributed by atoms with Gasteiger partial charge in [-0.25, -0.2) is 0 Å². The SMILES string of the molecule is C[C@@H]1CC[C@@]2(O)[C@]13C[C@@]1(OC(=O)CCc4cccc(Br)c4)OC(OC[C@@]2(C)[C@@]1(C)O)[C@@H]3O. The molecule has 32 heavy (non-hydrogen) atoms. The van der Waals surface area contributed by atoms with E-state index in [0.717, 1.165) is 10.0 Å². The average Bonchev–Trinajstić information content (AvgIpc) is 2.94. The number of ether oxygens (including phenoxy) is 3. The predicted molar refractivity (Wildman–Crippen MR) is 117 cm³/mol. The number of aliphatic hydroxyl groups excluding tert-OH is 1. The molecule has 0 radical (unpaired) electrons. The fraction of sp³-hybridized carbons (Fsp3) is 0.708. The van der Waals surface area contributed by atoms with Crippen LogP contribution in [0.4, 0.5) is 0 Å². The first-order valence-electron chi connectivity index (χ1n) is 11.3. The van der Waals surface area contributed by atoms with Gasteiger partial charge in [0.25, 0.3) is 0 Å². The molecule has 3 aliphatic heterocycles. The lowest BCUT2D eigenvalue weighted by Gasteiger charge is -2.69. The molecule has 5 fully saturated rings. The average molecular weight is 511 g/mol. The molecule has 5 aliphatic rings. The van der Waals surface area contributed by atoms with E-state index in [0.29, 0.717) is 19.3 Å². The molecular formula is C24H31BrO7. The third-order valence-corrected chi connectivity index (χ3v) is 9.75. The molecule has 0 amide bonds. The number of rotatable bonds is 4. The smallest absolute Gasteiger partial charge is 0.308 e. The highest BCUT2D eigenvalue weighted by atomic mass is 79.9. The number of fused-ring (bicyclic) bond motifs is 1. The van der Waals surface area contributed by atoms with Crippen LogP contribution in [0.2, 0.25) is 0 Å². The third kappa shape index (κ3) is 2.57. The van der Waals surface area contributed by atoms with Gasteiger partial charge in [-0.2, -0.15) is 0 Å². The first kappa shape index (κ1) is 22.7. The van der Waals surface area contributed by atoms with Crippen LogP contribution in [0, 0.1) is 16.7 Å². The minimum absolute atomic E-state index is 0.00988. The van der Waals surface area contributed by atoms with E-state index in [1.165, 1.54) is 0 Å². The van der Waals surface area contributed by atoms with Crippen LogP contribution in [-0.2, 0) is 25.4 Å². The van der Waals surface area contributed by atoms with Crippen molar-refractivity contribution in [1.82, 2.24) is 0 Å². The van der Waals surface area contributed by atoms with E-state index in [1.807, 2.05) is 31.2 Å². The lowest BCUT2D eigenvalue weighted by molar-refractivity contribution is -0.447. The van der Waals surface area contributed by atoms with Crippen LogP contribution in [0.15, 0.2) is 28.7 Å². The number of halogens is 1. The van der Waals surface area contributed by atoms with Crippen molar-refractivity contribution in [1.29, 1.82) is 0 Å². The summed E-state index contributed by atoms with van der Waals surface area (Å²) >= 11 is 3.43. The molecule has 3 N–H and O–H groups in total. The molecule has 0 aromatic heterocycles. The molecule has 1 aromatic carbocycles. The second kappa shape index (κ2) is 6.99. The molecule has 2 aliphatic carbocycles. The summed E-state index contributed by atoms with van der Waals surface area (Å²) < 4.78 is 18.9. The molecule has 3 saturated heterocycles. The number of aryl methyl sites for hydroxylation is 1. The fourth-order valence-corrected chi connectivity index (χ4v) is 7.52. The van der Waals surface area contributed by atoms with Crippen LogP contribution in [0.25, 0.3) is 0 Å². The van der Waals surface area contributed by atoms with Gasteiger partial charge in [0.2, 0.25) is 5.79 Å². The molecule has 8 heteroatoms. The Hall–Kier alpha value is -1.03. The van der Waals surface area contributed by atoms with Gasteiger partial charge in [-0.05, 0) is 49.8 Å². The van der Waals surface area contributed by atoms with E-state index in [4.69, 9.17) is 14.2 Å². The van der Waals surface area contributed by atoms with E-state index >= 15 is 0 Å². The van der Waals surface area contributed by atoms with Crippen LogP contribution in [-0.4, -0.2) is 57.3 Å². The van der Waals surface area contributed by atoms with Crippen molar-refractivity contribution in [3.8, 4) is 0 Å². The minimum atomic E-state index is -1.73. The maximum Gasteiger partial charge on any atom is 0.308 e. The van der Waals surface area contributed by atoms with Gasteiger partial charge in [0.15, 0.2) is 6.29 Å². The maximum atomic E-state index is 13.0. The summed E-state index contributed by atoms with van der Waals surface area (Å²) in [6.45, 7) is 5.30. The van der Waals surface area contributed by atoms with E-state index in [2.05, 4.69) is 15.9 Å². The van der Waals surface area contributed by atoms with Crippen molar-refractivity contribution in [2.75, 3.05) is 6.61 Å². The van der Waals surface area contributed by atoms with Crippen LogP contribution >= 0.6 is 15.9 Å². The molecule has 176 valence electrons. The number of carbonyl (C=O) groups excluding carboxylic acids is 1. The van der Waals surface area contributed by atoms with Crippen molar-refractivity contribution in [3.05, 3.63) is 34.3 Å². The van der Waals surface area contributed by atoms with Gasteiger partial charge in [-0.3, -0.25) is 4.79 Å². The first-order valence-corrected chi connectivity index (χ1v) is 12.1. The molecule has 1 spiro atoms. The maximum absolute atomic E-state index is 13.0. The van der Waals surface area contributed by atoms with Gasteiger partial charge in [-0.1, -0.05) is 41.9 Å². The van der Waals surface area contributed by atoms with Gasteiger partial charge in [0.1, 0.15) is 11.7 Å². The predicted octanol–water partition coefficient (Wildman–Crippen LogP) is 2.68. The monoisotopic (exact) mass is 510 g/mol. The molecule has 6 rings (SSSR count). The molecule has 2 saturated carbocycles. The van der Waals surface area contributed by atoms with Gasteiger partial charge < -0.3 is 29.5 Å². The van der Waals surface area contributed by atoms with Crippen LogP contribution in [0.1, 0.15) is 52.0 Å². The van der Waals surface area contributed by atoms with Crippen molar-refractivity contribution in [2.45, 2.75) is 82.3 Å². The summed E-state index contributed by atoms with van der Waals surface area (Å²) in [5, 5.41) is 35.2. The summed E-state index contributed by atoms with van der Waals surface area (Å²) in [4.78, 5) is 13.0. The third-order valence-electron chi connectivity index (χ3n) is 9.26. The molecule has 4 bridgehead atoms. The lowest BCUT2D eigenvalue weighted by Crippen LogP contribution is -2.83. The number of hydrogen-bond acceptors (Lipinski definition) is 7. The molecule has 3 heterocycles. The summed E-state index contributed by atoms with van der Waals surface area (Å²) in [7, 11) is 0. The standard InChI is InChI=1S/C24H31BrO7/c1-14-9-10-23(29)20(2)13-30-19-18(27)22(14,23)12-24(32-19,21(20,3)28)31-17(26)8-7-15-5-4-6-16(25)11-15/h4-6,11,14,18-19,27-29H,7-10,12-13H2,1-3H3/t14-,18+,19?,20+,21-,22-,23+,24-/m1/s1. The highest BCUT2D eigenvalue weighted by Crippen LogP contribution is 2.74. The minimum Gasteiger partial charge on any atom is -0.430 e. The Morgan fingerprint density at radius 1 is 1.31 bits per heavy atom. The zero-order valence-corrected chi connectivity index (χ0v) is 20.2. The van der Waals surface area contributed by atoms with E-state index < -0.39 is 46.2 Å². The zero-order valence-electron chi connectivity index (χ0n) is 18.6. The van der Waals surface area contributed by atoms with Gasteiger partial charge in [-0.15, -0.1) is 0 Å². The molecule has 8 atom stereocenters. The Morgan fingerprint density at radius 3 is 2.78 bits per heavy atom. The number of carbonyl (C=O) groups is 1. The highest BCUT2D eigenvalue weighted by Gasteiger charge is 2.86. The number of aliphatic hydroxyl groups is 3. The van der Waals surface area contributed by atoms with Crippen LogP contribution < -0.4 is 0 Å². The summed E-state index contributed by atoms with van der Waals surface area (Å²) in [5.74, 6) is -2.29. The summed E-state index contributed by atoms with van der Waals surface area (Å²) in [6.07, 6.45) is -0.457. The Labute approximate surface area is 196 Å². The van der Waals surface area contributed by atoms with Gasteiger partial charge in [0.05, 0.1) is 17.6 Å². The van der Waals surface area contributed by atoms with Crippen LogP contribution in [0.5, 0.6) is 0 Å². The largest absolute Gasteiger partial charge is 0.430 e. The Morgan fingerprint density at radius 2 is 2.06 bits per heavy atom. The topological polar surface area (TPSA) is 105 Å². The Balaban J connectivity index is 1.50. The molecule has 1 unspecified atom stereocenters. The Kier molecular flexibility index (Phi) is 4.97. The van der Waals surface area contributed by atoms with Crippen molar-refractivity contribution >= 4 is 21.9 Å². The Bertz CT molecular complexity index is 952. The van der Waals surface area contributed by atoms with Crippen molar-refractivity contribution in [3.63, 3.8) is 0 Å². The van der Waals surface area contributed by atoms with Gasteiger partial charge in [0, 0.05) is 22.7 Å². The fourth-order valence-electron chi connectivity index (χ4n) is 7.07. The van der Waals surface area contributed by atoms with Crippen molar-refractivity contribution in [2.24, 2.45) is 16.7 Å². The lowest BCUT2D eigenvalue weighted by atomic mass is 9.43. The second-order valence-electron chi connectivity index (χ2n) is 10.5. The number of benzene rings is 1. The molecule has 1 aromatic rings. The number of hydrogen-bond donors (Lipinski definition) is 3. The summed E-state index contributed by atoms with van der Waals surface area (Å²) in [5.41, 5.74) is -4.35. The molecular weight excluding hydrogens is 480 g/mol. The molecule has 7 nitrogen and oxygen atoms in total. The quantitative estimate of drug-likeness (QED) is 0.534. The summed E-state index contributed by atoms with van der Waals surface area (Å²) in [6, 6.07) is 7.70. The van der Waals surface area contributed by atoms with Crippen LogP contribution in [0.3, 0.4) is 0 Å².